The molecule has 5 aliphatic rings. The van der Waals surface area contributed by atoms with Gasteiger partial charge in [0.25, 0.3) is 0 Å². The maximum atomic E-state index is 13.0. The second kappa shape index (κ2) is 5.64. The van der Waals surface area contributed by atoms with Gasteiger partial charge in [0.2, 0.25) is 0 Å². The van der Waals surface area contributed by atoms with Crippen molar-refractivity contribution in [1.82, 2.24) is 0 Å². The minimum Gasteiger partial charge on any atom is -0.392 e. The van der Waals surface area contributed by atoms with Gasteiger partial charge in [0, 0.05) is 28.4 Å². The molecule has 0 aromatic heterocycles. The standard InChI is InChI=1S/C22H30O3S/c1-13(11-23)16-3-4-17-15-10-20-19-9-14(24)5-8-22(19,12-26(20)25)18(15)6-7-21(16,17)2/h9,15-18,20,23H,1,3-8,10-12H2,2H3/t15?,16?,17?,18?,20-,21-,22+,26?/m1/s1. The van der Waals surface area contributed by atoms with Gasteiger partial charge in [-0.25, -0.2) is 0 Å². The molecule has 0 spiro atoms. The monoisotopic (exact) mass is 374 g/mol. The van der Waals surface area contributed by atoms with E-state index < -0.39 is 10.8 Å². The first kappa shape index (κ1) is 17.4. The molecular formula is C22H30O3S. The summed E-state index contributed by atoms with van der Waals surface area (Å²) in [5.41, 5.74) is 2.58. The fourth-order valence-electron chi connectivity index (χ4n) is 8.02. The molecule has 0 aromatic rings. The molecule has 4 heteroatoms. The molecule has 0 radical (unpaired) electrons. The van der Waals surface area contributed by atoms with Crippen LogP contribution in [0, 0.1) is 34.5 Å². The summed E-state index contributed by atoms with van der Waals surface area (Å²) in [6, 6.07) is 0. The molecule has 3 nitrogen and oxygen atoms in total. The van der Waals surface area contributed by atoms with Crippen molar-refractivity contribution < 1.29 is 14.1 Å². The van der Waals surface area contributed by atoms with Crippen molar-refractivity contribution in [3.05, 3.63) is 23.8 Å². The maximum absolute atomic E-state index is 13.0. The van der Waals surface area contributed by atoms with Crippen LogP contribution in [0.4, 0.5) is 0 Å². The van der Waals surface area contributed by atoms with E-state index in [-0.39, 0.29) is 28.5 Å². The van der Waals surface area contributed by atoms with Gasteiger partial charge in [-0.3, -0.25) is 9.00 Å². The first-order chi connectivity index (χ1) is 12.4. The maximum Gasteiger partial charge on any atom is 0.155 e. The molecule has 142 valence electrons. The van der Waals surface area contributed by atoms with E-state index in [1.165, 1.54) is 24.8 Å². The Hall–Kier alpha value is -0.740. The Kier molecular flexibility index (Phi) is 3.76. The number of carbonyl (C=O) groups is 1. The van der Waals surface area contributed by atoms with Gasteiger partial charge < -0.3 is 5.11 Å². The summed E-state index contributed by atoms with van der Waals surface area (Å²) < 4.78 is 13.0. The third-order valence-corrected chi connectivity index (χ3v) is 11.0. The van der Waals surface area contributed by atoms with Gasteiger partial charge in [0.05, 0.1) is 11.9 Å². The van der Waals surface area contributed by atoms with E-state index >= 15 is 0 Å². The lowest BCUT2D eigenvalue weighted by Gasteiger charge is -2.57. The second-order valence-electron chi connectivity index (χ2n) is 9.84. The largest absolute Gasteiger partial charge is 0.392 e. The molecule has 1 aliphatic heterocycles. The molecule has 3 saturated carbocycles. The van der Waals surface area contributed by atoms with E-state index in [1.54, 1.807) is 0 Å². The van der Waals surface area contributed by atoms with Crippen LogP contribution >= 0.6 is 0 Å². The van der Waals surface area contributed by atoms with Crippen LogP contribution in [0.15, 0.2) is 23.8 Å². The van der Waals surface area contributed by atoms with Crippen LogP contribution in [-0.2, 0) is 15.6 Å². The topological polar surface area (TPSA) is 54.4 Å². The Labute approximate surface area is 158 Å². The Morgan fingerprint density at radius 3 is 2.88 bits per heavy atom. The van der Waals surface area contributed by atoms with Crippen LogP contribution < -0.4 is 0 Å². The van der Waals surface area contributed by atoms with Crippen molar-refractivity contribution in [2.75, 3.05) is 12.4 Å². The minimum atomic E-state index is -0.808. The third-order valence-electron chi connectivity index (χ3n) is 9.10. The predicted octanol–water partition coefficient (Wildman–Crippen LogP) is 3.40. The van der Waals surface area contributed by atoms with Gasteiger partial charge in [-0.15, -0.1) is 0 Å². The summed E-state index contributed by atoms with van der Waals surface area (Å²) in [6.07, 6.45) is 9.20. The Balaban J connectivity index is 1.54. The van der Waals surface area contributed by atoms with Gasteiger partial charge in [0.1, 0.15) is 0 Å². The number of hydrogen-bond donors (Lipinski definition) is 1. The number of hydrogen-bond acceptors (Lipinski definition) is 3. The first-order valence-electron chi connectivity index (χ1n) is 10.3. The van der Waals surface area contributed by atoms with Gasteiger partial charge >= 0.3 is 0 Å². The molecule has 8 atom stereocenters. The second-order valence-corrected chi connectivity index (χ2v) is 11.5. The molecule has 5 rings (SSSR count). The Morgan fingerprint density at radius 1 is 1.31 bits per heavy atom. The highest BCUT2D eigenvalue weighted by Crippen LogP contribution is 2.69. The lowest BCUT2D eigenvalue weighted by atomic mass is 9.46. The lowest BCUT2D eigenvalue weighted by Crippen LogP contribution is -2.52. The van der Waals surface area contributed by atoms with Crippen molar-refractivity contribution in [2.45, 2.75) is 57.1 Å². The van der Waals surface area contributed by atoms with Gasteiger partial charge in [0.15, 0.2) is 5.78 Å². The summed E-state index contributed by atoms with van der Waals surface area (Å²) in [7, 11) is -0.808. The zero-order valence-electron chi connectivity index (χ0n) is 15.7. The van der Waals surface area contributed by atoms with Gasteiger partial charge in [-0.1, -0.05) is 13.5 Å². The van der Waals surface area contributed by atoms with Crippen molar-refractivity contribution in [2.24, 2.45) is 34.5 Å². The fourth-order valence-corrected chi connectivity index (χ4v) is 10.3. The summed E-state index contributed by atoms with van der Waals surface area (Å²) in [4.78, 5) is 12.1. The lowest BCUT2D eigenvalue weighted by molar-refractivity contribution is -0.117. The average molecular weight is 375 g/mol. The minimum absolute atomic E-state index is 0.0553. The quantitative estimate of drug-likeness (QED) is 0.754. The number of fused-ring (bicyclic) bond motifs is 3. The first-order valence-corrected chi connectivity index (χ1v) is 11.7. The summed E-state index contributed by atoms with van der Waals surface area (Å²) >= 11 is 0. The zero-order chi connectivity index (χ0) is 18.3. The van der Waals surface area contributed by atoms with Crippen molar-refractivity contribution >= 4 is 16.6 Å². The number of ketones is 1. The predicted molar refractivity (Wildman–Crippen MR) is 103 cm³/mol. The fraction of sp³-hybridized carbons (Fsp3) is 0.773. The number of aliphatic hydroxyl groups is 1. The van der Waals surface area contributed by atoms with E-state index in [4.69, 9.17) is 0 Å². The van der Waals surface area contributed by atoms with Crippen LogP contribution in [0.3, 0.4) is 0 Å². The molecule has 4 aliphatic carbocycles. The van der Waals surface area contributed by atoms with E-state index in [0.717, 1.165) is 30.6 Å². The molecule has 26 heavy (non-hydrogen) atoms. The summed E-state index contributed by atoms with van der Waals surface area (Å²) in [5.74, 6) is 3.37. The molecule has 0 aromatic carbocycles. The van der Waals surface area contributed by atoms with Gasteiger partial charge in [-0.05, 0) is 84.8 Å². The molecule has 1 saturated heterocycles. The molecule has 5 unspecified atom stereocenters. The number of carbonyl (C=O) groups excluding carboxylic acids is 1. The normalized spacial score (nSPS) is 52.1. The molecule has 0 amide bonds. The Morgan fingerprint density at radius 2 is 2.12 bits per heavy atom. The molecule has 4 fully saturated rings. The number of aliphatic hydroxyl groups excluding tert-OH is 1. The third kappa shape index (κ3) is 2.03. The van der Waals surface area contributed by atoms with E-state index in [2.05, 4.69) is 13.5 Å². The van der Waals surface area contributed by atoms with Crippen LogP contribution in [-0.4, -0.2) is 32.7 Å². The van der Waals surface area contributed by atoms with Crippen LogP contribution in [0.1, 0.15) is 51.9 Å². The molecule has 1 heterocycles. The smallest absolute Gasteiger partial charge is 0.155 e. The van der Waals surface area contributed by atoms with Crippen molar-refractivity contribution in [3.63, 3.8) is 0 Å². The SMILES string of the molecule is C=C(CO)C1CCC2C3C[C@@H]4C5=CC(=O)CC[C@]5(CS4=O)C3CC[C@]12C. The highest BCUT2D eigenvalue weighted by Gasteiger charge is 2.65. The average Bonchev–Trinajstić information content (AvgIpc) is 3.06. The van der Waals surface area contributed by atoms with Crippen LogP contribution in [0.25, 0.3) is 0 Å². The Bertz CT molecular complexity index is 740. The van der Waals surface area contributed by atoms with E-state index in [1.807, 2.05) is 6.08 Å². The molecule has 2 bridgehead atoms. The van der Waals surface area contributed by atoms with Crippen LogP contribution in [0.2, 0.25) is 0 Å². The summed E-state index contributed by atoms with van der Waals surface area (Å²) in [5, 5.41) is 9.79. The van der Waals surface area contributed by atoms with Crippen molar-refractivity contribution in [3.8, 4) is 0 Å². The molecule has 1 N–H and O–H groups in total. The van der Waals surface area contributed by atoms with Gasteiger partial charge in [-0.2, -0.15) is 0 Å². The number of rotatable bonds is 2. The highest BCUT2D eigenvalue weighted by molar-refractivity contribution is 7.86. The summed E-state index contributed by atoms with van der Waals surface area (Å²) in [6.45, 7) is 6.71. The van der Waals surface area contributed by atoms with E-state index in [9.17, 15) is 14.1 Å². The highest BCUT2D eigenvalue weighted by atomic mass is 32.2. The van der Waals surface area contributed by atoms with Crippen LogP contribution in [0.5, 0.6) is 0 Å². The molecular weight excluding hydrogens is 344 g/mol. The zero-order valence-corrected chi connectivity index (χ0v) is 16.5. The van der Waals surface area contributed by atoms with Crippen molar-refractivity contribution in [1.29, 1.82) is 0 Å². The van der Waals surface area contributed by atoms with E-state index in [0.29, 0.717) is 30.1 Å².